The summed E-state index contributed by atoms with van der Waals surface area (Å²) >= 11 is 0. The Morgan fingerprint density at radius 1 is 0.743 bits per heavy atom. The Morgan fingerprint density at radius 2 is 1.37 bits per heavy atom. The second kappa shape index (κ2) is 9.12. The zero-order valence-electron chi connectivity index (χ0n) is 18.5. The molecule has 0 aliphatic carbocycles. The van der Waals surface area contributed by atoms with Crippen LogP contribution < -0.4 is 9.46 Å². The molecule has 0 spiro atoms. The number of rotatable bonds is 7. The Morgan fingerprint density at radius 3 is 2.06 bits per heavy atom. The van der Waals surface area contributed by atoms with Gasteiger partial charge in [-0.1, -0.05) is 66.7 Å². The van der Waals surface area contributed by atoms with E-state index in [1.54, 1.807) is 18.2 Å². The summed E-state index contributed by atoms with van der Waals surface area (Å²) in [4.78, 5) is 11.9. The molecule has 5 rings (SSSR count). The third kappa shape index (κ3) is 4.81. The number of sulfonamides is 1. The molecule has 0 atom stereocenters. The van der Waals surface area contributed by atoms with Crippen LogP contribution in [0.4, 0.5) is 5.69 Å². The highest BCUT2D eigenvalue weighted by Gasteiger charge is 2.20. The monoisotopic (exact) mass is 483 g/mol. The molecular formula is C28H21NO5S. The van der Waals surface area contributed by atoms with Gasteiger partial charge in [0, 0.05) is 0 Å². The van der Waals surface area contributed by atoms with Crippen molar-refractivity contribution in [3.8, 4) is 5.75 Å². The summed E-state index contributed by atoms with van der Waals surface area (Å²) in [6.45, 7) is 0.242. The highest BCUT2D eigenvalue weighted by Crippen LogP contribution is 2.27. The molecule has 5 aromatic rings. The Hall–Kier alpha value is -4.36. The largest absolute Gasteiger partial charge is 0.489 e. The highest BCUT2D eigenvalue weighted by atomic mass is 32.2. The molecule has 7 heteroatoms. The van der Waals surface area contributed by atoms with Crippen molar-refractivity contribution in [3.63, 3.8) is 0 Å². The maximum atomic E-state index is 13.0. The van der Waals surface area contributed by atoms with E-state index < -0.39 is 16.0 Å². The number of carbonyl (C=O) groups is 1. The molecule has 0 saturated carbocycles. The van der Waals surface area contributed by atoms with Crippen molar-refractivity contribution in [3.05, 3.63) is 114 Å². The first-order valence-electron chi connectivity index (χ1n) is 10.9. The third-order valence-electron chi connectivity index (χ3n) is 5.72. The SMILES string of the molecule is O=C(O)c1cc(OCc2ccc3ccccc3c2)ccc1NS(=O)(=O)c1ccc2ccccc2c1. The van der Waals surface area contributed by atoms with Crippen molar-refractivity contribution in [2.75, 3.05) is 4.72 Å². The van der Waals surface area contributed by atoms with Gasteiger partial charge in [-0.05, 0) is 63.5 Å². The minimum Gasteiger partial charge on any atom is -0.489 e. The van der Waals surface area contributed by atoms with Gasteiger partial charge in [-0.25, -0.2) is 13.2 Å². The Balaban J connectivity index is 1.37. The van der Waals surface area contributed by atoms with Gasteiger partial charge < -0.3 is 9.84 Å². The van der Waals surface area contributed by atoms with Crippen LogP contribution in [-0.4, -0.2) is 19.5 Å². The van der Waals surface area contributed by atoms with Gasteiger partial charge >= 0.3 is 5.97 Å². The first-order valence-corrected chi connectivity index (χ1v) is 12.4. The summed E-state index contributed by atoms with van der Waals surface area (Å²) in [6, 6.07) is 30.4. The molecule has 0 aliphatic rings. The van der Waals surface area contributed by atoms with E-state index in [-0.39, 0.29) is 22.8 Å². The van der Waals surface area contributed by atoms with E-state index in [0.717, 1.165) is 27.1 Å². The number of carboxylic acid groups (broad SMARTS) is 1. The molecule has 0 saturated heterocycles. The van der Waals surface area contributed by atoms with E-state index in [0.29, 0.717) is 5.75 Å². The van der Waals surface area contributed by atoms with Crippen LogP contribution in [0.5, 0.6) is 5.75 Å². The molecule has 0 aromatic heterocycles. The molecule has 35 heavy (non-hydrogen) atoms. The summed E-state index contributed by atoms with van der Waals surface area (Å²) in [5, 5.41) is 13.6. The summed E-state index contributed by atoms with van der Waals surface area (Å²) in [5.41, 5.74) is 0.691. The number of carboxylic acids is 1. The van der Waals surface area contributed by atoms with Crippen LogP contribution in [0.2, 0.25) is 0 Å². The fraction of sp³-hybridized carbons (Fsp3) is 0.0357. The first kappa shape index (κ1) is 22.4. The lowest BCUT2D eigenvalue weighted by atomic mass is 10.1. The number of anilines is 1. The molecular weight excluding hydrogens is 462 g/mol. The number of ether oxygens (including phenoxy) is 1. The van der Waals surface area contributed by atoms with Gasteiger partial charge in [0.15, 0.2) is 0 Å². The van der Waals surface area contributed by atoms with Gasteiger partial charge in [0.25, 0.3) is 10.0 Å². The summed E-state index contributed by atoms with van der Waals surface area (Å²) in [5.74, 6) is -0.943. The van der Waals surface area contributed by atoms with Crippen LogP contribution in [-0.2, 0) is 16.6 Å². The predicted octanol–water partition coefficient (Wildman–Crippen LogP) is 6.07. The fourth-order valence-electron chi connectivity index (χ4n) is 3.91. The number of fused-ring (bicyclic) bond motifs is 2. The summed E-state index contributed by atoms with van der Waals surface area (Å²) < 4.78 is 34.2. The van der Waals surface area contributed by atoms with Crippen LogP contribution in [0.25, 0.3) is 21.5 Å². The molecule has 5 aromatic carbocycles. The number of hydrogen-bond acceptors (Lipinski definition) is 4. The van der Waals surface area contributed by atoms with Crippen molar-refractivity contribution in [2.45, 2.75) is 11.5 Å². The maximum absolute atomic E-state index is 13.0. The van der Waals surface area contributed by atoms with E-state index in [2.05, 4.69) is 4.72 Å². The lowest BCUT2D eigenvalue weighted by Gasteiger charge is -2.13. The lowest BCUT2D eigenvalue weighted by Crippen LogP contribution is -2.15. The van der Waals surface area contributed by atoms with Crippen molar-refractivity contribution >= 4 is 43.2 Å². The number of hydrogen-bond donors (Lipinski definition) is 2. The van der Waals surface area contributed by atoms with Crippen molar-refractivity contribution in [1.82, 2.24) is 0 Å². The van der Waals surface area contributed by atoms with Gasteiger partial charge in [0.2, 0.25) is 0 Å². The van der Waals surface area contributed by atoms with E-state index >= 15 is 0 Å². The molecule has 174 valence electrons. The normalized spacial score (nSPS) is 11.4. The second-order valence-corrected chi connectivity index (χ2v) is 9.78. The predicted molar refractivity (Wildman–Crippen MR) is 136 cm³/mol. The average molecular weight is 484 g/mol. The molecule has 6 nitrogen and oxygen atoms in total. The summed E-state index contributed by atoms with van der Waals surface area (Å²) in [7, 11) is -4.00. The lowest BCUT2D eigenvalue weighted by molar-refractivity contribution is 0.0697. The van der Waals surface area contributed by atoms with Crippen LogP contribution in [0.15, 0.2) is 108 Å². The fourth-order valence-corrected chi connectivity index (χ4v) is 5.03. The van der Waals surface area contributed by atoms with Crippen molar-refractivity contribution < 1.29 is 23.1 Å². The van der Waals surface area contributed by atoms with Crippen LogP contribution in [0, 0.1) is 0 Å². The number of benzene rings is 5. The molecule has 2 N–H and O–H groups in total. The zero-order valence-corrected chi connectivity index (χ0v) is 19.3. The van der Waals surface area contributed by atoms with Crippen molar-refractivity contribution in [1.29, 1.82) is 0 Å². The Bertz CT molecular complexity index is 1680. The van der Waals surface area contributed by atoms with E-state index in [9.17, 15) is 18.3 Å². The van der Waals surface area contributed by atoms with Gasteiger partial charge in [-0.3, -0.25) is 4.72 Å². The number of nitrogens with one attached hydrogen (secondary N) is 1. The average Bonchev–Trinajstić information content (AvgIpc) is 2.87. The first-order chi connectivity index (χ1) is 16.9. The van der Waals surface area contributed by atoms with E-state index in [4.69, 9.17) is 4.74 Å². The topological polar surface area (TPSA) is 92.7 Å². The molecule has 0 radical (unpaired) electrons. The zero-order chi connectivity index (χ0) is 24.4. The second-order valence-electron chi connectivity index (χ2n) is 8.10. The van der Waals surface area contributed by atoms with Gasteiger partial charge in [0.05, 0.1) is 16.1 Å². The van der Waals surface area contributed by atoms with Gasteiger partial charge in [0.1, 0.15) is 12.4 Å². The molecule has 0 fully saturated rings. The minimum atomic E-state index is -4.00. The van der Waals surface area contributed by atoms with Crippen LogP contribution >= 0.6 is 0 Å². The Labute approximate surface area is 202 Å². The van der Waals surface area contributed by atoms with Crippen LogP contribution in [0.1, 0.15) is 15.9 Å². The molecule has 0 heterocycles. The number of aromatic carboxylic acids is 1. The molecule has 0 amide bonds. The summed E-state index contributed by atoms with van der Waals surface area (Å²) in [6.07, 6.45) is 0. The molecule has 0 aliphatic heterocycles. The van der Waals surface area contributed by atoms with Crippen molar-refractivity contribution in [2.24, 2.45) is 0 Å². The standard InChI is InChI=1S/C28H21NO5S/c30-28(31)26-17-24(34-18-19-9-10-20-5-1-3-7-22(20)15-19)12-14-27(26)29-35(32,33)25-13-11-21-6-2-4-8-23(21)16-25/h1-17,29H,18H2,(H,30,31). The van der Waals surface area contributed by atoms with E-state index in [1.165, 1.54) is 18.2 Å². The van der Waals surface area contributed by atoms with E-state index in [1.807, 2.05) is 66.7 Å². The molecule has 0 unspecified atom stereocenters. The van der Waals surface area contributed by atoms with Crippen LogP contribution in [0.3, 0.4) is 0 Å². The van der Waals surface area contributed by atoms with Gasteiger partial charge in [-0.15, -0.1) is 0 Å². The smallest absolute Gasteiger partial charge is 0.337 e. The van der Waals surface area contributed by atoms with Gasteiger partial charge in [-0.2, -0.15) is 0 Å². The quantitative estimate of drug-likeness (QED) is 0.293. The maximum Gasteiger partial charge on any atom is 0.337 e. The Kier molecular flexibility index (Phi) is 5.84. The highest BCUT2D eigenvalue weighted by molar-refractivity contribution is 7.92. The minimum absolute atomic E-state index is 0.0382. The third-order valence-corrected chi connectivity index (χ3v) is 7.08. The molecule has 0 bridgehead atoms.